The van der Waals surface area contributed by atoms with Gasteiger partial charge in [0, 0.05) is 15.1 Å². The zero-order valence-electron chi connectivity index (χ0n) is 18.9. The number of rotatable bonds is 7. The minimum atomic E-state index is -1.25. The number of carbonyl (C=O) groups is 3. The van der Waals surface area contributed by atoms with E-state index in [1.807, 2.05) is 0 Å². The number of aliphatic hydroxyl groups is 1. The molecule has 37 heavy (non-hydrogen) atoms. The Morgan fingerprint density at radius 2 is 1.03 bits per heavy atom. The maximum absolute atomic E-state index is 12.9. The Hall–Kier alpha value is -2.75. The Morgan fingerprint density at radius 1 is 0.649 bits per heavy atom. The predicted molar refractivity (Wildman–Crippen MR) is 140 cm³/mol. The Morgan fingerprint density at radius 3 is 1.46 bits per heavy atom. The lowest BCUT2D eigenvalue weighted by Crippen LogP contribution is -2.41. The van der Waals surface area contributed by atoms with Crippen molar-refractivity contribution < 1.29 is 33.7 Å². The maximum Gasteiger partial charge on any atom is 0.338 e. The van der Waals surface area contributed by atoms with Gasteiger partial charge >= 0.3 is 17.9 Å². The molecule has 0 spiro atoms. The molecule has 1 N–H and O–H groups in total. The largest absolute Gasteiger partial charge is 0.461 e. The van der Waals surface area contributed by atoms with Gasteiger partial charge in [-0.3, -0.25) is 0 Å². The van der Waals surface area contributed by atoms with Gasteiger partial charge in [-0.1, -0.05) is 34.8 Å². The number of hydrogen-bond donors (Lipinski definition) is 1. The highest BCUT2D eigenvalue weighted by molar-refractivity contribution is 8.00. The first kappa shape index (κ1) is 27.3. The van der Waals surface area contributed by atoms with Crippen LogP contribution in [0.25, 0.3) is 0 Å². The summed E-state index contributed by atoms with van der Waals surface area (Å²) in [7, 11) is 0. The highest BCUT2D eigenvalue weighted by Gasteiger charge is 2.49. The minimum Gasteiger partial charge on any atom is -0.461 e. The molecule has 0 amide bonds. The summed E-state index contributed by atoms with van der Waals surface area (Å²) in [6.07, 6.45) is -2.36. The number of aliphatic hydroxyl groups excluding tert-OH is 1. The Bertz CT molecular complexity index is 1270. The lowest BCUT2D eigenvalue weighted by molar-refractivity contribution is -0.0557. The standard InChI is InChI=1S/C26H19Cl3O7S/c27-17-7-1-14(2-8-17)23(30)34-13-20-21(35-24(31)15-3-9-18(28)10-4-15)22(26(33)37-20)36-25(32)16-5-11-19(29)12-6-16/h1-12,20-22,26,33H,13H2/t20-,21+,22?,26?/m1/s1. The van der Waals surface area contributed by atoms with Crippen molar-refractivity contribution in [1.29, 1.82) is 0 Å². The normalized spacial score (nSPS) is 20.8. The molecule has 1 saturated heterocycles. The lowest BCUT2D eigenvalue weighted by atomic mass is 10.1. The topological polar surface area (TPSA) is 99.1 Å². The summed E-state index contributed by atoms with van der Waals surface area (Å²) in [5, 5.41) is 11.3. The van der Waals surface area contributed by atoms with Gasteiger partial charge < -0.3 is 19.3 Å². The van der Waals surface area contributed by atoms with Crippen LogP contribution in [0.3, 0.4) is 0 Å². The third-order valence-electron chi connectivity index (χ3n) is 5.39. The molecule has 1 heterocycles. The van der Waals surface area contributed by atoms with Crippen LogP contribution in [0.4, 0.5) is 0 Å². The Labute approximate surface area is 231 Å². The number of benzene rings is 3. The highest BCUT2D eigenvalue weighted by atomic mass is 35.5. The van der Waals surface area contributed by atoms with Gasteiger partial charge in [0.15, 0.2) is 12.2 Å². The van der Waals surface area contributed by atoms with Gasteiger partial charge in [-0.25, -0.2) is 14.4 Å². The highest BCUT2D eigenvalue weighted by Crippen LogP contribution is 2.38. The van der Waals surface area contributed by atoms with Crippen molar-refractivity contribution in [1.82, 2.24) is 0 Å². The van der Waals surface area contributed by atoms with Crippen molar-refractivity contribution in [2.75, 3.05) is 6.61 Å². The summed E-state index contributed by atoms with van der Waals surface area (Å²) in [6, 6.07) is 18.1. The van der Waals surface area contributed by atoms with E-state index in [9.17, 15) is 19.5 Å². The smallest absolute Gasteiger partial charge is 0.338 e. The summed E-state index contributed by atoms with van der Waals surface area (Å²) in [5.41, 5.74) is -0.579. The van der Waals surface area contributed by atoms with Gasteiger partial charge in [-0.2, -0.15) is 0 Å². The molecule has 1 aliphatic rings. The zero-order chi connectivity index (χ0) is 26.5. The van der Waals surface area contributed by atoms with Gasteiger partial charge in [0.2, 0.25) is 0 Å². The van der Waals surface area contributed by atoms with Gasteiger partial charge in [-0.05, 0) is 72.8 Å². The number of hydrogen-bond acceptors (Lipinski definition) is 8. The van der Waals surface area contributed by atoms with E-state index in [1.54, 1.807) is 12.1 Å². The fourth-order valence-electron chi connectivity index (χ4n) is 3.49. The summed E-state index contributed by atoms with van der Waals surface area (Å²) in [6.45, 7) is -0.225. The third-order valence-corrected chi connectivity index (χ3v) is 7.45. The van der Waals surface area contributed by atoms with Crippen LogP contribution >= 0.6 is 46.6 Å². The van der Waals surface area contributed by atoms with Crippen LogP contribution in [-0.2, 0) is 14.2 Å². The van der Waals surface area contributed by atoms with E-state index in [1.165, 1.54) is 60.7 Å². The molecule has 1 aliphatic heterocycles. The molecule has 192 valence electrons. The van der Waals surface area contributed by atoms with Crippen LogP contribution in [-0.4, -0.2) is 52.5 Å². The summed E-state index contributed by atoms with van der Waals surface area (Å²) >= 11 is 18.6. The van der Waals surface area contributed by atoms with E-state index >= 15 is 0 Å². The van der Waals surface area contributed by atoms with Gasteiger partial charge in [0.25, 0.3) is 0 Å². The second kappa shape index (κ2) is 12.2. The number of thioether (sulfide) groups is 1. The monoisotopic (exact) mass is 580 g/mol. The van der Waals surface area contributed by atoms with Gasteiger partial charge in [0.1, 0.15) is 12.0 Å². The Balaban J connectivity index is 1.52. The number of esters is 3. The average Bonchev–Trinajstić information content (AvgIpc) is 3.17. The number of carbonyl (C=O) groups excluding carboxylic acids is 3. The van der Waals surface area contributed by atoms with E-state index < -0.39 is 40.8 Å². The molecular formula is C26H19Cl3O7S. The first-order chi connectivity index (χ1) is 17.7. The second-order valence-electron chi connectivity index (χ2n) is 7.92. The van der Waals surface area contributed by atoms with Crippen LogP contribution in [0.2, 0.25) is 15.1 Å². The Kier molecular flexibility index (Phi) is 9.00. The molecule has 0 bridgehead atoms. The molecule has 0 aromatic heterocycles. The molecule has 3 aromatic carbocycles. The third kappa shape index (κ3) is 6.97. The molecule has 0 aliphatic carbocycles. The summed E-state index contributed by atoms with van der Waals surface area (Å²) < 4.78 is 16.6. The fraction of sp³-hybridized carbons (Fsp3) is 0.192. The molecule has 11 heteroatoms. The number of ether oxygens (including phenoxy) is 3. The zero-order valence-corrected chi connectivity index (χ0v) is 22.0. The van der Waals surface area contributed by atoms with E-state index in [0.717, 1.165) is 11.8 Å². The molecule has 7 nitrogen and oxygen atoms in total. The molecule has 4 atom stereocenters. The van der Waals surface area contributed by atoms with Crippen molar-refractivity contribution in [3.8, 4) is 0 Å². The SMILES string of the molecule is O=C(OC[C@H]1SC(O)C(OC(=O)c2ccc(Cl)cc2)[C@H]1OC(=O)c1ccc(Cl)cc1)c1ccc(Cl)cc1. The molecule has 0 saturated carbocycles. The summed E-state index contributed by atoms with van der Waals surface area (Å²) in [5.74, 6) is -2.10. The van der Waals surface area contributed by atoms with Gasteiger partial charge in [0.05, 0.1) is 21.9 Å². The molecular weight excluding hydrogens is 563 g/mol. The maximum atomic E-state index is 12.9. The van der Waals surface area contributed by atoms with Crippen molar-refractivity contribution >= 4 is 64.5 Å². The predicted octanol–water partition coefficient (Wildman–Crippen LogP) is 5.69. The average molecular weight is 582 g/mol. The van der Waals surface area contributed by atoms with Gasteiger partial charge in [-0.15, -0.1) is 11.8 Å². The van der Waals surface area contributed by atoms with E-state index in [0.29, 0.717) is 15.1 Å². The van der Waals surface area contributed by atoms with Crippen LogP contribution in [0.15, 0.2) is 72.8 Å². The second-order valence-corrected chi connectivity index (χ2v) is 10.6. The molecule has 2 unspecified atom stereocenters. The van der Waals surface area contributed by atoms with Crippen molar-refractivity contribution in [2.45, 2.75) is 22.9 Å². The van der Waals surface area contributed by atoms with E-state index in [-0.39, 0.29) is 23.3 Å². The van der Waals surface area contributed by atoms with Crippen LogP contribution in [0.5, 0.6) is 0 Å². The minimum absolute atomic E-state index is 0.196. The van der Waals surface area contributed by atoms with Crippen molar-refractivity contribution in [3.05, 3.63) is 105 Å². The van der Waals surface area contributed by atoms with E-state index in [4.69, 9.17) is 49.0 Å². The first-order valence-electron chi connectivity index (χ1n) is 10.9. The molecule has 4 rings (SSSR count). The van der Waals surface area contributed by atoms with Crippen LogP contribution in [0, 0.1) is 0 Å². The fourth-order valence-corrected chi connectivity index (χ4v) is 5.11. The quantitative estimate of drug-likeness (QED) is 0.281. The van der Waals surface area contributed by atoms with Crippen LogP contribution < -0.4 is 0 Å². The summed E-state index contributed by atoms with van der Waals surface area (Å²) in [4.78, 5) is 38.1. The van der Waals surface area contributed by atoms with Crippen LogP contribution in [0.1, 0.15) is 31.1 Å². The number of halogens is 3. The lowest BCUT2D eigenvalue weighted by Gasteiger charge is -2.24. The van der Waals surface area contributed by atoms with E-state index in [2.05, 4.69) is 0 Å². The van der Waals surface area contributed by atoms with Crippen molar-refractivity contribution in [2.24, 2.45) is 0 Å². The first-order valence-corrected chi connectivity index (χ1v) is 13.0. The molecule has 1 fully saturated rings. The molecule has 3 aromatic rings. The van der Waals surface area contributed by atoms with Crippen molar-refractivity contribution in [3.63, 3.8) is 0 Å². The molecule has 0 radical (unpaired) electrons.